The zero-order valence-electron chi connectivity index (χ0n) is 8.57. The molecule has 74 valence electrons. The van der Waals surface area contributed by atoms with E-state index in [0.29, 0.717) is 5.92 Å². The van der Waals surface area contributed by atoms with Crippen LogP contribution in [0, 0.1) is 5.92 Å². The number of carbonyl (C=O) groups is 1. The molecule has 1 saturated carbocycles. The average Bonchev–Trinajstić information content (AvgIpc) is 2.15. The van der Waals surface area contributed by atoms with Crippen LogP contribution in [0.4, 0.5) is 0 Å². The third-order valence-corrected chi connectivity index (χ3v) is 3.46. The van der Waals surface area contributed by atoms with Gasteiger partial charge in [0.05, 0.1) is 0 Å². The predicted octanol–water partition coefficient (Wildman–Crippen LogP) is 3.40. The van der Waals surface area contributed by atoms with Crippen molar-refractivity contribution < 1.29 is 4.79 Å². The van der Waals surface area contributed by atoms with E-state index in [1.165, 1.54) is 24.8 Å². The molecule has 0 aromatic heterocycles. The van der Waals surface area contributed by atoms with Gasteiger partial charge in [0.1, 0.15) is 6.29 Å². The van der Waals surface area contributed by atoms with E-state index in [1.807, 2.05) is 12.1 Å². The Labute approximate surface area is 85.1 Å². The van der Waals surface area contributed by atoms with Gasteiger partial charge in [0.15, 0.2) is 0 Å². The highest BCUT2D eigenvalue weighted by Crippen LogP contribution is 2.38. The molecule has 0 saturated heterocycles. The van der Waals surface area contributed by atoms with Crippen LogP contribution < -0.4 is 0 Å². The molecule has 2 rings (SSSR count). The number of rotatable bonds is 3. The zero-order chi connectivity index (χ0) is 9.97. The summed E-state index contributed by atoms with van der Waals surface area (Å²) in [7, 11) is 0. The average molecular weight is 188 g/mol. The number of carbonyl (C=O) groups excluding carboxylic acids is 1. The molecule has 0 bridgehead atoms. The summed E-state index contributed by atoms with van der Waals surface area (Å²) in [5.41, 5.74) is 2.15. The highest BCUT2D eigenvalue weighted by Gasteiger charge is 2.24. The first-order chi connectivity index (χ1) is 6.81. The van der Waals surface area contributed by atoms with Crippen molar-refractivity contribution in [1.29, 1.82) is 0 Å². The minimum Gasteiger partial charge on any atom is -0.298 e. The van der Waals surface area contributed by atoms with Crippen molar-refractivity contribution in [3.05, 3.63) is 35.4 Å². The van der Waals surface area contributed by atoms with Gasteiger partial charge in [0, 0.05) is 5.56 Å². The van der Waals surface area contributed by atoms with E-state index in [9.17, 15) is 4.79 Å². The fraction of sp³-hybridized carbons (Fsp3) is 0.462. The fourth-order valence-corrected chi connectivity index (χ4v) is 2.09. The Bertz CT molecular complexity index is 309. The van der Waals surface area contributed by atoms with Crippen LogP contribution in [0.5, 0.6) is 0 Å². The molecule has 0 amide bonds. The summed E-state index contributed by atoms with van der Waals surface area (Å²) in [6.07, 6.45) is 5.03. The number of hydrogen-bond donors (Lipinski definition) is 0. The lowest BCUT2D eigenvalue weighted by Crippen LogP contribution is -2.17. The lowest BCUT2D eigenvalue weighted by atomic mass is 9.74. The van der Waals surface area contributed by atoms with Gasteiger partial charge in [-0.2, -0.15) is 0 Å². The van der Waals surface area contributed by atoms with Crippen LogP contribution in [0.1, 0.15) is 48.0 Å². The normalized spacial score (nSPS) is 18.6. The van der Waals surface area contributed by atoms with E-state index in [4.69, 9.17) is 0 Å². The van der Waals surface area contributed by atoms with E-state index in [1.54, 1.807) is 0 Å². The molecular formula is C13H16O. The number of hydrogen-bond acceptors (Lipinski definition) is 1. The van der Waals surface area contributed by atoms with Gasteiger partial charge in [-0.05, 0) is 30.2 Å². The van der Waals surface area contributed by atoms with Gasteiger partial charge in [-0.3, -0.25) is 4.79 Å². The van der Waals surface area contributed by atoms with Crippen LogP contribution in [0.3, 0.4) is 0 Å². The summed E-state index contributed by atoms with van der Waals surface area (Å²) < 4.78 is 0. The first kappa shape index (κ1) is 9.45. The molecule has 1 nitrogen and oxygen atoms in total. The Morgan fingerprint density at radius 2 is 1.93 bits per heavy atom. The van der Waals surface area contributed by atoms with Crippen LogP contribution in [0.25, 0.3) is 0 Å². The molecule has 1 atom stereocenters. The van der Waals surface area contributed by atoms with E-state index in [-0.39, 0.29) is 0 Å². The van der Waals surface area contributed by atoms with Crippen LogP contribution >= 0.6 is 0 Å². The van der Waals surface area contributed by atoms with Crippen molar-refractivity contribution in [2.45, 2.75) is 32.1 Å². The largest absolute Gasteiger partial charge is 0.298 e. The topological polar surface area (TPSA) is 17.1 Å². The quantitative estimate of drug-likeness (QED) is 0.664. The van der Waals surface area contributed by atoms with Crippen LogP contribution in [0.15, 0.2) is 24.3 Å². The Morgan fingerprint density at radius 1 is 1.29 bits per heavy atom. The Morgan fingerprint density at radius 3 is 2.36 bits per heavy atom. The van der Waals surface area contributed by atoms with Gasteiger partial charge in [0.2, 0.25) is 0 Å². The maximum absolute atomic E-state index is 10.5. The number of aldehydes is 1. The van der Waals surface area contributed by atoms with Gasteiger partial charge >= 0.3 is 0 Å². The molecule has 1 aromatic carbocycles. The first-order valence-electron chi connectivity index (χ1n) is 5.36. The van der Waals surface area contributed by atoms with Crippen molar-refractivity contribution in [3.63, 3.8) is 0 Å². The molecule has 0 N–H and O–H groups in total. The van der Waals surface area contributed by atoms with E-state index >= 15 is 0 Å². The van der Waals surface area contributed by atoms with Gasteiger partial charge in [-0.15, -0.1) is 0 Å². The molecule has 0 spiro atoms. The molecule has 1 unspecified atom stereocenters. The minimum absolute atomic E-state index is 0.657. The predicted molar refractivity (Wildman–Crippen MR) is 57.6 cm³/mol. The van der Waals surface area contributed by atoms with Crippen molar-refractivity contribution in [3.8, 4) is 0 Å². The lowest BCUT2D eigenvalue weighted by molar-refractivity contribution is 0.112. The second kappa shape index (κ2) is 3.95. The van der Waals surface area contributed by atoms with Crippen LogP contribution in [-0.4, -0.2) is 6.29 Å². The monoisotopic (exact) mass is 188 g/mol. The summed E-state index contributed by atoms with van der Waals surface area (Å²) in [4.78, 5) is 10.5. The molecule has 14 heavy (non-hydrogen) atoms. The van der Waals surface area contributed by atoms with E-state index < -0.39 is 0 Å². The molecule has 1 aromatic rings. The SMILES string of the molecule is CC(c1ccc(C=O)cc1)C1CCC1. The Hall–Kier alpha value is -1.11. The van der Waals surface area contributed by atoms with Gasteiger partial charge in [-0.1, -0.05) is 37.6 Å². The first-order valence-corrected chi connectivity index (χ1v) is 5.36. The second-order valence-corrected chi connectivity index (χ2v) is 4.26. The molecule has 1 heteroatoms. The molecule has 0 heterocycles. The molecule has 1 fully saturated rings. The number of benzene rings is 1. The third-order valence-electron chi connectivity index (χ3n) is 3.46. The molecule has 1 aliphatic rings. The maximum Gasteiger partial charge on any atom is 0.150 e. The fourth-order valence-electron chi connectivity index (χ4n) is 2.09. The molecule has 0 aliphatic heterocycles. The highest BCUT2D eigenvalue weighted by molar-refractivity contribution is 5.74. The summed E-state index contributed by atoms with van der Waals surface area (Å²) in [6.45, 7) is 2.29. The standard InChI is InChI=1S/C13H16O/c1-10(12-3-2-4-12)13-7-5-11(9-14)6-8-13/h5-10,12H,2-4H2,1H3. The third kappa shape index (κ3) is 1.72. The van der Waals surface area contributed by atoms with Crippen molar-refractivity contribution in [2.75, 3.05) is 0 Å². The van der Waals surface area contributed by atoms with Gasteiger partial charge in [0.25, 0.3) is 0 Å². The maximum atomic E-state index is 10.5. The van der Waals surface area contributed by atoms with Crippen molar-refractivity contribution in [1.82, 2.24) is 0 Å². The van der Waals surface area contributed by atoms with E-state index in [0.717, 1.165) is 17.8 Å². The van der Waals surface area contributed by atoms with Gasteiger partial charge < -0.3 is 0 Å². The highest BCUT2D eigenvalue weighted by atomic mass is 16.1. The van der Waals surface area contributed by atoms with Crippen LogP contribution in [0.2, 0.25) is 0 Å². The van der Waals surface area contributed by atoms with Crippen molar-refractivity contribution in [2.24, 2.45) is 5.92 Å². The van der Waals surface area contributed by atoms with Crippen LogP contribution in [-0.2, 0) is 0 Å². The minimum atomic E-state index is 0.657. The summed E-state index contributed by atoms with van der Waals surface area (Å²) in [5.74, 6) is 1.53. The summed E-state index contributed by atoms with van der Waals surface area (Å²) in [5, 5.41) is 0. The smallest absolute Gasteiger partial charge is 0.150 e. The Kier molecular flexibility index (Phi) is 2.67. The molecule has 1 aliphatic carbocycles. The van der Waals surface area contributed by atoms with E-state index in [2.05, 4.69) is 19.1 Å². The molecule has 0 radical (unpaired) electrons. The molecular weight excluding hydrogens is 172 g/mol. The lowest BCUT2D eigenvalue weighted by Gasteiger charge is -2.31. The summed E-state index contributed by atoms with van der Waals surface area (Å²) in [6, 6.07) is 8.01. The van der Waals surface area contributed by atoms with Gasteiger partial charge in [-0.25, -0.2) is 0 Å². The summed E-state index contributed by atoms with van der Waals surface area (Å²) >= 11 is 0. The van der Waals surface area contributed by atoms with Crippen molar-refractivity contribution >= 4 is 6.29 Å². The second-order valence-electron chi connectivity index (χ2n) is 4.26. The Balaban J connectivity index is 2.11. The zero-order valence-corrected chi connectivity index (χ0v) is 8.57.